The molecule has 6 heteroatoms. The standard InChI is InChI=1S/C16H22N4O2/c1-16(2,3)19-15(22)17-10-8-13-14(21)18-11-6-4-5-7-12(11)20(13)9-10/h4-7,10,13H,8-9H2,1-3H3,(H,18,21)(H2,17,19,22). The first-order chi connectivity index (χ1) is 10.3. The van der Waals surface area contributed by atoms with Crippen molar-refractivity contribution >= 4 is 23.3 Å². The fourth-order valence-electron chi connectivity index (χ4n) is 3.06. The second-order valence-corrected chi connectivity index (χ2v) is 6.96. The third-order valence-electron chi connectivity index (χ3n) is 3.90. The van der Waals surface area contributed by atoms with E-state index in [0.717, 1.165) is 11.4 Å². The SMILES string of the molecule is CC(C)(C)NC(=O)NC1CC2C(=O)Nc3ccccc3N2C1. The van der Waals surface area contributed by atoms with E-state index in [2.05, 4.69) is 20.9 Å². The van der Waals surface area contributed by atoms with Gasteiger partial charge in [-0.25, -0.2) is 4.79 Å². The molecule has 3 amide bonds. The highest BCUT2D eigenvalue weighted by molar-refractivity contribution is 6.04. The molecule has 2 aliphatic heterocycles. The molecule has 0 radical (unpaired) electrons. The van der Waals surface area contributed by atoms with E-state index < -0.39 is 0 Å². The number of nitrogens with one attached hydrogen (secondary N) is 3. The molecule has 3 rings (SSSR count). The first-order valence-corrected chi connectivity index (χ1v) is 7.59. The van der Waals surface area contributed by atoms with Gasteiger partial charge in [-0.15, -0.1) is 0 Å². The summed E-state index contributed by atoms with van der Waals surface area (Å²) >= 11 is 0. The molecule has 1 aromatic rings. The Bertz CT molecular complexity index is 608. The Morgan fingerprint density at radius 1 is 1.32 bits per heavy atom. The van der Waals surface area contributed by atoms with E-state index in [4.69, 9.17) is 0 Å². The molecule has 1 aromatic carbocycles. The quantitative estimate of drug-likeness (QED) is 0.739. The van der Waals surface area contributed by atoms with Gasteiger partial charge in [-0.05, 0) is 39.3 Å². The van der Waals surface area contributed by atoms with Crippen LogP contribution in [0.3, 0.4) is 0 Å². The monoisotopic (exact) mass is 302 g/mol. The number of para-hydroxylation sites is 2. The van der Waals surface area contributed by atoms with Gasteiger partial charge >= 0.3 is 6.03 Å². The molecule has 2 heterocycles. The summed E-state index contributed by atoms with van der Waals surface area (Å²) in [6.07, 6.45) is 0.623. The lowest BCUT2D eigenvalue weighted by molar-refractivity contribution is -0.117. The van der Waals surface area contributed by atoms with Crippen LogP contribution in [0.15, 0.2) is 24.3 Å². The first kappa shape index (κ1) is 14.7. The minimum Gasteiger partial charge on any atom is -0.356 e. The molecule has 0 bridgehead atoms. The summed E-state index contributed by atoms with van der Waals surface area (Å²) in [6.45, 7) is 6.46. The van der Waals surface area contributed by atoms with Crippen molar-refractivity contribution in [3.8, 4) is 0 Å². The van der Waals surface area contributed by atoms with E-state index in [1.807, 2.05) is 45.0 Å². The Balaban J connectivity index is 1.71. The topological polar surface area (TPSA) is 73.5 Å². The van der Waals surface area contributed by atoms with Crippen LogP contribution in [0.2, 0.25) is 0 Å². The Morgan fingerprint density at radius 3 is 2.77 bits per heavy atom. The molecular formula is C16H22N4O2. The molecule has 2 aliphatic rings. The van der Waals surface area contributed by atoms with Gasteiger partial charge < -0.3 is 20.9 Å². The van der Waals surface area contributed by atoms with Crippen molar-refractivity contribution < 1.29 is 9.59 Å². The molecule has 3 N–H and O–H groups in total. The number of hydrogen-bond acceptors (Lipinski definition) is 3. The average molecular weight is 302 g/mol. The van der Waals surface area contributed by atoms with Gasteiger partial charge in [-0.2, -0.15) is 0 Å². The summed E-state index contributed by atoms with van der Waals surface area (Å²) in [4.78, 5) is 26.3. The zero-order valence-corrected chi connectivity index (χ0v) is 13.1. The molecule has 0 aromatic heterocycles. The number of amides is 3. The van der Waals surface area contributed by atoms with E-state index >= 15 is 0 Å². The van der Waals surface area contributed by atoms with Crippen molar-refractivity contribution in [2.24, 2.45) is 0 Å². The molecule has 2 unspecified atom stereocenters. The maximum Gasteiger partial charge on any atom is 0.315 e. The van der Waals surface area contributed by atoms with Gasteiger partial charge in [-0.1, -0.05) is 12.1 Å². The summed E-state index contributed by atoms with van der Waals surface area (Å²) in [7, 11) is 0. The van der Waals surface area contributed by atoms with Crippen molar-refractivity contribution in [3.63, 3.8) is 0 Å². The van der Waals surface area contributed by atoms with Gasteiger partial charge in [0.25, 0.3) is 0 Å². The van der Waals surface area contributed by atoms with Crippen molar-refractivity contribution in [3.05, 3.63) is 24.3 Å². The third-order valence-corrected chi connectivity index (χ3v) is 3.90. The maximum absolute atomic E-state index is 12.2. The van der Waals surface area contributed by atoms with Crippen LogP contribution in [0, 0.1) is 0 Å². The lowest BCUT2D eigenvalue weighted by atomic mass is 10.1. The fraction of sp³-hybridized carbons (Fsp3) is 0.500. The van der Waals surface area contributed by atoms with Crippen molar-refractivity contribution in [2.45, 2.75) is 44.8 Å². The molecule has 1 saturated heterocycles. The highest BCUT2D eigenvalue weighted by Gasteiger charge is 2.41. The summed E-state index contributed by atoms with van der Waals surface area (Å²) in [5, 5.41) is 8.79. The van der Waals surface area contributed by atoms with Crippen LogP contribution in [0.25, 0.3) is 0 Å². The lowest BCUT2D eigenvalue weighted by Crippen LogP contribution is -2.50. The van der Waals surface area contributed by atoms with E-state index in [1.165, 1.54) is 0 Å². The largest absolute Gasteiger partial charge is 0.356 e. The molecule has 0 saturated carbocycles. The Labute approximate surface area is 130 Å². The number of hydrogen-bond donors (Lipinski definition) is 3. The van der Waals surface area contributed by atoms with Gasteiger partial charge in [0.05, 0.1) is 17.4 Å². The number of urea groups is 1. The summed E-state index contributed by atoms with van der Waals surface area (Å²) < 4.78 is 0. The van der Waals surface area contributed by atoms with Crippen LogP contribution in [0.5, 0.6) is 0 Å². The molecule has 2 atom stereocenters. The van der Waals surface area contributed by atoms with Crippen LogP contribution in [0.4, 0.5) is 16.2 Å². The number of rotatable bonds is 1. The van der Waals surface area contributed by atoms with E-state index in [1.54, 1.807) is 0 Å². The fourth-order valence-corrected chi connectivity index (χ4v) is 3.06. The Hall–Kier alpha value is -2.24. The second-order valence-electron chi connectivity index (χ2n) is 6.96. The summed E-state index contributed by atoms with van der Waals surface area (Å²) in [6, 6.07) is 7.32. The minimum atomic E-state index is -0.278. The molecule has 0 spiro atoms. The number of nitrogens with zero attached hydrogens (tertiary/aromatic N) is 1. The van der Waals surface area contributed by atoms with Crippen molar-refractivity contribution in [2.75, 3.05) is 16.8 Å². The van der Waals surface area contributed by atoms with Crippen LogP contribution in [0.1, 0.15) is 27.2 Å². The van der Waals surface area contributed by atoms with Gasteiger partial charge in [0.1, 0.15) is 6.04 Å². The molecule has 0 aliphatic carbocycles. The van der Waals surface area contributed by atoms with E-state index in [0.29, 0.717) is 13.0 Å². The van der Waals surface area contributed by atoms with Gasteiger partial charge in [0.2, 0.25) is 5.91 Å². The van der Waals surface area contributed by atoms with E-state index in [-0.39, 0.29) is 29.6 Å². The van der Waals surface area contributed by atoms with Crippen LogP contribution < -0.4 is 20.9 Å². The zero-order chi connectivity index (χ0) is 15.9. The number of carbonyl (C=O) groups is 2. The Kier molecular flexibility index (Phi) is 3.47. The second kappa shape index (κ2) is 5.19. The molecule has 118 valence electrons. The minimum absolute atomic E-state index is 0.000713. The van der Waals surface area contributed by atoms with Crippen LogP contribution >= 0.6 is 0 Å². The molecular weight excluding hydrogens is 280 g/mol. The average Bonchev–Trinajstić information content (AvgIpc) is 2.81. The highest BCUT2D eigenvalue weighted by atomic mass is 16.2. The zero-order valence-electron chi connectivity index (χ0n) is 13.1. The van der Waals surface area contributed by atoms with Crippen molar-refractivity contribution in [1.29, 1.82) is 0 Å². The van der Waals surface area contributed by atoms with E-state index in [9.17, 15) is 9.59 Å². The summed E-state index contributed by atoms with van der Waals surface area (Å²) in [5.41, 5.74) is 1.58. The maximum atomic E-state index is 12.2. The van der Waals surface area contributed by atoms with Gasteiger partial charge in [-0.3, -0.25) is 4.79 Å². The molecule has 22 heavy (non-hydrogen) atoms. The molecule has 6 nitrogen and oxygen atoms in total. The van der Waals surface area contributed by atoms with Gasteiger partial charge in [0.15, 0.2) is 0 Å². The van der Waals surface area contributed by atoms with Gasteiger partial charge in [0, 0.05) is 12.1 Å². The number of anilines is 2. The summed E-state index contributed by atoms with van der Waals surface area (Å²) in [5.74, 6) is -0.000713. The smallest absolute Gasteiger partial charge is 0.315 e. The van der Waals surface area contributed by atoms with Crippen LogP contribution in [-0.2, 0) is 4.79 Å². The lowest BCUT2D eigenvalue weighted by Gasteiger charge is -2.32. The van der Waals surface area contributed by atoms with Crippen LogP contribution in [-0.4, -0.2) is 36.1 Å². The molecule has 1 fully saturated rings. The normalized spacial score (nSPS) is 23.4. The number of fused-ring (bicyclic) bond motifs is 3. The number of carbonyl (C=O) groups excluding carboxylic acids is 2. The predicted octanol–water partition coefficient (Wildman–Crippen LogP) is 1.68. The highest BCUT2D eigenvalue weighted by Crippen LogP contribution is 2.36. The number of benzene rings is 1. The van der Waals surface area contributed by atoms with Crippen molar-refractivity contribution in [1.82, 2.24) is 10.6 Å². The predicted molar refractivity (Wildman–Crippen MR) is 86.0 cm³/mol. The first-order valence-electron chi connectivity index (χ1n) is 7.59. The Morgan fingerprint density at radius 2 is 2.05 bits per heavy atom. The third kappa shape index (κ3) is 2.86.